The van der Waals surface area contributed by atoms with Crippen molar-refractivity contribution in [3.8, 4) is 28.2 Å². The summed E-state index contributed by atoms with van der Waals surface area (Å²) in [6, 6.07) is 101. The molecule has 14 rings (SSSR count). The first-order valence-corrected chi connectivity index (χ1v) is 26.2. The van der Waals surface area contributed by atoms with Crippen LogP contribution in [0.25, 0.3) is 93.6 Å². The number of benzene rings is 11. The highest BCUT2D eigenvalue weighted by molar-refractivity contribution is 7.20. The van der Waals surface area contributed by atoms with Crippen molar-refractivity contribution >= 4 is 94.2 Å². The molecule has 3 heterocycles. The zero-order valence-corrected chi connectivity index (χ0v) is 39.3. The summed E-state index contributed by atoms with van der Waals surface area (Å²) < 4.78 is 7.54. The summed E-state index contributed by atoms with van der Waals surface area (Å²) >= 11 is 0. The van der Waals surface area contributed by atoms with E-state index >= 15 is 0 Å². The molecule has 328 valence electrons. The molecule has 3 aromatic heterocycles. The molecule has 14 aromatic rings. The lowest BCUT2D eigenvalue weighted by molar-refractivity contribution is 1.16. The van der Waals surface area contributed by atoms with E-state index in [0.717, 1.165) is 28.1 Å². The number of aromatic nitrogens is 3. The minimum absolute atomic E-state index is 1.12. The summed E-state index contributed by atoms with van der Waals surface area (Å²) in [6.07, 6.45) is 0. The number of nitrogens with zero attached hydrogens (tertiary/aromatic N) is 3. The number of hydrogen-bond acceptors (Lipinski definition) is 0. The van der Waals surface area contributed by atoms with E-state index in [-0.39, 0.29) is 0 Å². The van der Waals surface area contributed by atoms with Gasteiger partial charge in [0.1, 0.15) is 0 Å². The van der Waals surface area contributed by atoms with Gasteiger partial charge in [-0.3, -0.25) is 0 Å². The average Bonchev–Trinajstić information content (AvgIpc) is 4.09. The van der Waals surface area contributed by atoms with Gasteiger partial charge in [-0.2, -0.15) is 0 Å². The molecule has 0 aliphatic carbocycles. The van der Waals surface area contributed by atoms with Crippen molar-refractivity contribution in [2.24, 2.45) is 0 Å². The van der Waals surface area contributed by atoms with Gasteiger partial charge in [0.25, 0.3) is 0 Å². The topological polar surface area (TPSA) is 14.8 Å². The predicted octanol–water partition coefficient (Wildman–Crippen LogP) is 14.0. The molecule has 4 heteroatoms. The summed E-state index contributed by atoms with van der Waals surface area (Å²) in [4.78, 5) is 0. The second-order valence-electron chi connectivity index (χ2n) is 18.4. The molecular weight excluding hydrogens is 863 g/mol. The lowest BCUT2D eigenvalue weighted by atomic mass is 10.1. The van der Waals surface area contributed by atoms with Crippen LogP contribution < -0.4 is 20.7 Å². The van der Waals surface area contributed by atoms with Gasteiger partial charge >= 0.3 is 0 Å². The van der Waals surface area contributed by atoms with Crippen LogP contribution in [0.2, 0.25) is 0 Å². The SMILES string of the molecule is c1ccc(-c2ccc(-n3c4ccc(-n5c6ccccc6c6ccccc65)cc4c4c(-n5c6ccccc6c6cccc([Si](c7ccccc7)(c7ccccc7)c7ccccc7)c65)cccc43)cc2)cc1. The molecule has 0 atom stereocenters. The van der Waals surface area contributed by atoms with E-state index in [1.165, 1.54) is 86.3 Å². The van der Waals surface area contributed by atoms with E-state index in [0.29, 0.717) is 0 Å². The lowest BCUT2D eigenvalue weighted by Crippen LogP contribution is -2.75. The highest BCUT2D eigenvalue weighted by Crippen LogP contribution is 2.42. The first-order chi connectivity index (χ1) is 34.8. The lowest BCUT2D eigenvalue weighted by Gasteiger charge is -2.35. The molecule has 0 fully saturated rings. The van der Waals surface area contributed by atoms with Gasteiger partial charge in [-0.25, -0.2) is 0 Å². The number of fused-ring (bicyclic) bond motifs is 9. The second-order valence-corrected chi connectivity index (χ2v) is 22.2. The van der Waals surface area contributed by atoms with Gasteiger partial charge in [0, 0.05) is 43.7 Å². The highest BCUT2D eigenvalue weighted by atomic mass is 28.3. The minimum Gasteiger partial charge on any atom is -0.309 e. The van der Waals surface area contributed by atoms with E-state index in [1.54, 1.807) is 0 Å². The number of hydrogen-bond donors (Lipinski definition) is 0. The van der Waals surface area contributed by atoms with Crippen molar-refractivity contribution in [1.29, 1.82) is 0 Å². The third kappa shape index (κ3) is 5.94. The Morgan fingerprint density at radius 2 is 0.671 bits per heavy atom. The maximum absolute atomic E-state index is 3.02. The van der Waals surface area contributed by atoms with Gasteiger partial charge in [-0.05, 0) is 92.5 Å². The standard InChI is InChI=1S/C66H45N3Si/c1-5-21-46(22-6-1)47-39-41-48(42-40-47)67-61-44-43-49(68-58-33-16-13-29-53(58)54-30-14-17-34-59(54)68)45-57(61)65-62(67)36-20-37-63(65)69-60-35-18-15-31-55(60)56-32-19-38-64(66(56)69)70(50-23-7-2-8-24-50,51-25-9-3-10-26-51)52-27-11-4-12-28-52/h1-45H. The van der Waals surface area contributed by atoms with E-state index in [9.17, 15) is 0 Å². The van der Waals surface area contributed by atoms with Gasteiger partial charge in [-0.1, -0.05) is 212 Å². The summed E-state index contributed by atoms with van der Waals surface area (Å²) in [5, 5.41) is 12.8. The van der Waals surface area contributed by atoms with Gasteiger partial charge in [0.15, 0.2) is 8.07 Å². The van der Waals surface area contributed by atoms with Gasteiger partial charge in [0.2, 0.25) is 0 Å². The number of para-hydroxylation sites is 4. The Bertz CT molecular complexity index is 4110. The average molecular weight is 908 g/mol. The van der Waals surface area contributed by atoms with Crippen LogP contribution in [0.1, 0.15) is 0 Å². The molecule has 3 nitrogen and oxygen atoms in total. The maximum atomic E-state index is 2.62. The molecule has 0 saturated heterocycles. The third-order valence-corrected chi connectivity index (χ3v) is 19.6. The molecule has 0 saturated carbocycles. The van der Waals surface area contributed by atoms with Gasteiger partial charge < -0.3 is 13.7 Å². The smallest absolute Gasteiger partial charge is 0.181 e. The van der Waals surface area contributed by atoms with Crippen molar-refractivity contribution in [2.45, 2.75) is 0 Å². The summed E-state index contributed by atoms with van der Waals surface area (Å²) in [5.41, 5.74) is 12.9. The number of rotatable bonds is 8. The van der Waals surface area contributed by atoms with Crippen LogP contribution >= 0.6 is 0 Å². The summed E-state index contributed by atoms with van der Waals surface area (Å²) in [5.74, 6) is 0. The van der Waals surface area contributed by atoms with Crippen LogP contribution in [0, 0.1) is 0 Å². The van der Waals surface area contributed by atoms with Crippen molar-refractivity contribution in [2.75, 3.05) is 0 Å². The second kappa shape index (κ2) is 16.1. The first-order valence-electron chi connectivity index (χ1n) is 24.2. The Morgan fingerprint density at radius 3 is 1.26 bits per heavy atom. The molecule has 11 aromatic carbocycles. The van der Waals surface area contributed by atoms with E-state index in [2.05, 4.69) is 287 Å². The van der Waals surface area contributed by atoms with Crippen LogP contribution in [0.15, 0.2) is 273 Å². The Hall–Kier alpha value is -8.96. The summed E-state index contributed by atoms with van der Waals surface area (Å²) in [6.45, 7) is 0. The largest absolute Gasteiger partial charge is 0.309 e. The molecular formula is C66H45N3Si. The Labute approximate surface area is 407 Å². The van der Waals surface area contributed by atoms with Crippen LogP contribution in [0.4, 0.5) is 0 Å². The highest BCUT2D eigenvalue weighted by Gasteiger charge is 2.43. The fourth-order valence-electron chi connectivity index (χ4n) is 11.9. The zero-order chi connectivity index (χ0) is 46.2. The monoisotopic (exact) mass is 907 g/mol. The van der Waals surface area contributed by atoms with E-state index < -0.39 is 8.07 Å². The molecule has 0 aliphatic heterocycles. The van der Waals surface area contributed by atoms with E-state index in [1.807, 2.05) is 0 Å². The molecule has 0 radical (unpaired) electrons. The van der Waals surface area contributed by atoms with Crippen LogP contribution in [-0.4, -0.2) is 21.8 Å². The molecule has 0 aliphatic rings. The quantitative estimate of drug-likeness (QED) is 0.107. The first kappa shape index (κ1) is 40.1. The molecule has 0 N–H and O–H groups in total. The maximum Gasteiger partial charge on any atom is 0.181 e. The third-order valence-electron chi connectivity index (χ3n) is 14.8. The molecule has 70 heavy (non-hydrogen) atoms. The zero-order valence-electron chi connectivity index (χ0n) is 38.3. The van der Waals surface area contributed by atoms with E-state index in [4.69, 9.17) is 0 Å². The predicted molar refractivity (Wildman–Crippen MR) is 299 cm³/mol. The van der Waals surface area contributed by atoms with Gasteiger partial charge in [0.05, 0.1) is 38.8 Å². The van der Waals surface area contributed by atoms with Gasteiger partial charge in [-0.15, -0.1) is 0 Å². The van der Waals surface area contributed by atoms with Crippen molar-refractivity contribution in [1.82, 2.24) is 13.7 Å². The molecule has 0 unspecified atom stereocenters. The van der Waals surface area contributed by atoms with Crippen LogP contribution in [-0.2, 0) is 0 Å². The Balaban J connectivity index is 1.13. The summed E-state index contributed by atoms with van der Waals surface area (Å²) in [7, 11) is -3.02. The molecule has 0 amide bonds. The fourth-order valence-corrected chi connectivity index (χ4v) is 16.8. The van der Waals surface area contributed by atoms with Crippen LogP contribution in [0.3, 0.4) is 0 Å². The van der Waals surface area contributed by atoms with Crippen molar-refractivity contribution in [3.63, 3.8) is 0 Å². The van der Waals surface area contributed by atoms with Crippen molar-refractivity contribution < 1.29 is 0 Å². The normalized spacial score (nSPS) is 12.0. The Kier molecular flexibility index (Phi) is 9.23. The van der Waals surface area contributed by atoms with Crippen molar-refractivity contribution in [3.05, 3.63) is 273 Å². The van der Waals surface area contributed by atoms with Crippen LogP contribution in [0.5, 0.6) is 0 Å². The Morgan fingerprint density at radius 1 is 0.257 bits per heavy atom. The minimum atomic E-state index is -3.02. The molecule has 0 bridgehead atoms. The fraction of sp³-hybridized carbons (Fsp3) is 0. The molecule has 0 spiro atoms.